The number of carbonyl (C=O) groups is 1. The fourth-order valence-electron chi connectivity index (χ4n) is 2.47. The second kappa shape index (κ2) is 4.78. The van der Waals surface area contributed by atoms with Gasteiger partial charge in [0.1, 0.15) is 6.04 Å². The average Bonchev–Trinajstić information content (AvgIpc) is 2.53. The van der Waals surface area contributed by atoms with Crippen LogP contribution in [0.5, 0.6) is 0 Å². The van der Waals surface area contributed by atoms with E-state index in [4.69, 9.17) is 5.11 Å². The molecule has 1 fully saturated rings. The van der Waals surface area contributed by atoms with Gasteiger partial charge in [0, 0.05) is 6.04 Å². The summed E-state index contributed by atoms with van der Waals surface area (Å²) in [5.74, 6) is -0.106. The average molecular weight is 199 g/mol. The van der Waals surface area contributed by atoms with Gasteiger partial charge < -0.3 is 5.11 Å². The first-order chi connectivity index (χ1) is 6.57. The molecule has 0 amide bonds. The van der Waals surface area contributed by atoms with Crippen LogP contribution in [0, 0.1) is 5.92 Å². The van der Waals surface area contributed by atoms with Crippen molar-refractivity contribution in [1.29, 1.82) is 0 Å². The monoisotopic (exact) mass is 199 g/mol. The van der Waals surface area contributed by atoms with Crippen molar-refractivity contribution in [2.45, 2.75) is 52.1 Å². The Bertz CT molecular complexity index is 203. The Hall–Kier alpha value is -0.570. The lowest BCUT2D eigenvalue weighted by molar-refractivity contribution is -0.144. The number of likely N-dealkylation sites (tertiary alicyclic amines) is 1. The van der Waals surface area contributed by atoms with Crippen LogP contribution in [0.2, 0.25) is 0 Å². The molecule has 1 aliphatic rings. The summed E-state index contributed by atoms with van der Waals surface area (Å²) in [5, 5.41) is 9.09. The van der Waals surface area contributed by atoms with Crippen LogP contribution in [-0.2, 0) is 4.79 Å². The van der Waals surface area contributed by atoms with Gasteiger partial charge in [0.2, 0.25) is 0 Å². The Labute approximate surface area is 86.1 Å². The minimum atomic E-state index is -0.667. The summed E-state index contributed by atoms with van der Waals surface area (Å²) in [4.78, 5) is 13.2. The highest BCUT2D eigenvalue weighted by Crippen LogP contribution is 2.26. The molecule has 0 aromatic heterocycles. The van der Waals surface area contributed by atoms with Crippen molar-refractivity contribution in [1.82, 2.24) is 4.90 Å². The van der Waals surface area contributed by atoms with Crippen LogP contribution >= 0.6 is 0 Å². The van der Waals surface area contributed by atoms with Crippen LogP contribution in [0.3, 0.4) is 0 Å². The van der Waals surface area contributed by atoms with Crippen LogP contribution in [0.1, 0.15) is 40.0 Å². The molecule has 2 unspecified atom stereocenters. The zero-order chi connectivity index (χ0) is 10.7. The normalized spacial score (nSPS) is 25.6. The van der Waals surface area contributed by atoms with E-state index in [1.807, 2.05) is 6.92 Å². The van der Waals surface area contributed by atoms with E-state index in [9.17, 15) is 4.79 Å². The van der Waals surface area contributed by atoms with E-state index in [0.717, 1.165) is 19.4 Å². The molecule has 1 aliphatic heterocycles. The second-order valence-corrected chi connectivity index (χ2v) is 4.45. The number of aliphatic carboxylic acids is 1. The summed E-state index contributed by atoms with van der Waals surface area (Å²) in [7, 11) is 0. The molecule has 1 heterocycles. The molecule has 3 nitrogen and oxygen atoms in total. The van der Waals surface area contributed by atoms with Crippen LogP contribution in [0.4, 0.5) is 0 Å². The first-order valence-corrected chi connectivity index (χ1v) is 5.56. The van der Waals surface area contributed by atoms with Crippen LogP contribution in [0.15, 0.2) is 0 Å². The molecule has 0 aromatic rings. The fourth-order valence-corrected chi connectivity index (χ4v) is 2.47. The Morgan fingerprint density at radius 2 is 2.21 bits per heavy atom. The van der Waals surface area contributed by atoms with Crippen LogP contribution < -0.4 is 0 Å². The van der Waals surface area contributed by atoms with E-state index < -0.39 is 5.97 Å². The van der Waals surface area contributed by atoms with Crippen molar-refractivity contribution in [2.75, 3.05) is 6.54 Å². The van der Waals surface area contributed by atoms with Crippen LogP contribution in [-0.4, -0.2) is 34.6 Å². The zero-order valence-corrected chi connectivity index (χ0v) is 9.36. The third kappa shape index (κ3) is 2.27. The van der Waals surface area contributed by atoms with Crippen molar-refractivity contribution in [2.24, 2.45) is 5.92 Å². The Morgan fingerprint density at radius 1 is 1.57 bits per heavy atom. The molecule has 0 aliphatic carbocycles. The Kier molecular flexibility index (Phi) is 3.93. The van der Waals surface area contributed by atoms with E-state index in [-0.39, 0.29) is 6.04 Å². The molecule has 0 bridgehead atoms. The van der Waals surface area contributed by atoms with E-state index in [2.05, 4.69) is 18.7 Å². The third-order valence-corrected chi connectivity index (χ3v) is 3.18. The summed E-state index contributed by atoms with van der Waals surface area (Å²) >= 11 is 0. The topological polar surface area (TPSA) is 40.5 Å². The van der Waals surface area contributed by atoms with Gasteiger partial charge in [-0.05, 0) is 31.7 Å². The highest BCUT2D eigenvalue weighted by atomic mass is 16.4. The molecule has 14 heavy (non-hydrogen) atoms. The predicted octanol–water partition coefficient (Wildman–Crippen LogP) is 1.97. The molecular formula is C11H21NO2. The lowest BCUT2D eigenvalue weighted by Crippen LogP contribution is -2.45. The van der Waals surface area contributed by atoms with Gasteiger partial charge in [0.25, 0.3) is 0 Å². The molecule has 3 heteroatoms. The molecule has 0 saturated carbocycles. The largest absolute Gasteiger partial charge is 0.480 e. The molecule has 0 spiro atoms. The second-order valence-electron chi connectivity index (χ2n) is 4.45. The number of hydrogen-bond acceptors (Lipinski definition) is 2. The predicted molar refractivity (Wildman–Crippen MR) is 56.3 cm³/mol. The lowest BCUT2D eigenvalue weighted by Gasteiger charge is -2.32. The number of carboxylic acid groups (broad SMARTS) is 1. The molecule has 0 radical (unpaired) electrons. The van der Waals surface area contributed by atoms with Crippen molar-refractivity contribution >= 4 is 5.97 Å². The van der Waals surface area contributed by atoms with E-state index in [1.54, 1.807) is 0 Å². The first-order valence-electron chi connectivity index (χ1n) is 5.56. The van der Waals surface area contributed by atoms with Gasteiger partial charge in [0.15, 0.2) is 0 Å². The standard InChI is InChI=1S/C11H21NO2/c1-4-9(11(13)14)12-7-5-6-10(12)8(2)3/h8-10H,4-7H2,1-3H3,(H,13,14). The summed E-state index contributed by atoms with van der Waals surface area (Å²) in [6.07, 6.45) is 3.01. The maximum atomic E-state index is 11.0. The van der Waals surface area contributed by atoms with Gasteiger partial charge in [-0.25, -0.2) is 0 Å². The van der Waals surface area contributed by atoms with Crippen molar-refractivity contribution in [3.8, 4) is 0 Å². The van der Waals surface area contributed by atoms with Crippen molar-refractivity contribution in [3.05, 3.63) is 0 Å². The van der Waals surface area contributed by atoms with E-state index in [0.29, 0.717) is 18.4 Å². The molecule has 82 valence electrons. The molecule has 1 saturated heterocycles. The maximum absolute atomic E-state index is 11.0. The summed E-state index contributed by atoms with van der Waals surface area (Å²) in [6, 6.07) is 0.195. The number of carboxylic acids is 1. The van der Waals surface area contributed by atoms with Gasteiger partial charge in [0.05, 0.1) is 0 Å². The Balaban J connectivity index is 2.69. The fraction of sp³-hybridized carbons (Fsp3) is 0.909. The maximum Gasteiger partial charge on any atom is 0.320 e. The number of hydrogen-bond donors (Lipinski definition) is 1. The zero-order valence-electron chi connectivity index (χ0n) is 9.36. The van der Waals surface area contributed by atoms with Gasteiger partial charge >= 0.3 is 5.97 Å². The minimum absolute atomic E-state index is 0.273. The molecule has 2 atom stereocenters. The first kappa shape index (κ1) is 11.5. The quantitative estimate of drug-likeness (QED) is 0.752. The molecule has 1 rings (SSSR count). The smallest absolute Gasteiger partial charge is 0.320 e. The molecule has 1 N–H and O–H groups in total. The third-order valence-electron chi connectivity index (χ3n) is 3.18. The van der Waals surface area contributed by atoms with Gasteiger partial charge in [-0.2, -0.15) is 0 Å². The van der Waals surface area contributed by atoms with E-state index >= 15 is 0 Å². The number of nitrogens with zero attached hydrogens (tertiary/aromatic N) is 1. The lowest BCUT2D eigenvalue weighted by atomic mass is 10.0. The van der Waals surface area contributed by atoms with Crippen molar-refractivity contribution in [3.63, 3.8) is 0 Å². The Morgan fingerprint density at radius 3 is 2.64 bits per heavy atom. The summed E-state index contributed by atoms with van der Waals surface area (Å²) in [6.45, 7) is 7.26. The molecule has 0 aromatic carbocycles. The highest BCUT2D eigenvalue weighted by molar-refractivity contribution is 5.73. The number of rotatable bonds is 4. The van der Waals surface area contributed by atoms with Gasteiger partial charge in [-0.3, -0.25) is 9.69 Å². The SMILES string of the molecule is CCC(C(=O)O)N1CCCC1C(C)C. The summed E-state index contributed by atoms with van der Waals surface area (Å²) < 4.78 is 0. The minimum Gasteiger partial charge on any atom is -0.480 e. The van der Waals surface area contributed by atoms with Crippen molar-refractivity contribution < 1.29 is 9.90 Å². The van der Waals surface area contributed by atoms with Gasteiger partial charge in [-0.1, -0.05) is 20.8 Å². The van der Waals surface area contributed by atoms with Crippen LogP contribution in [0.25, 0.3) is 0 Å². The highest BCUT2D eigenvalue weighted by Gasteiger charge is 2.34. The molecular weight excluding hydrogens is 178 g/mol. The van der Waals surface area contributed by atoms with E-state index in [1.165, 1.54) is 0 Å². The van der Waals surface area contributed by atoms with Gasteiger partial charge in [-0.15, -0.1) is 0 Å². The summed E-state index contributed by atoms with van der Waals surface area (Å²) in [5.41, 5.74) is 0.